The summed E-state index contributed by atoms with van der Waals surface area (Å²) in [4.78, 5) is 14.9. The standard InChI is InChI=1S/C22H28N2O3/c1-5-12-24-21(23-18-9-7-6-8-17(18)22(24)25)16-10-11-19(20(13-16)26-4)27-14-15(2)3/h6-11,13,15,21,23H,5,12,14H2,1-4H3. The predicted molar refractivity (Wildman–Crippen MR) is 107 cm³/mol. The highest BCUT2D eigenvalue weighted by Gasteiger charge is 2.32. The van der Waals surface area contributed by atoms with Gasteiger partial charge in [0.1, 0.15) is 6.17 Å². The minimum atomic E-state index is -0.236. The lowest BCUT2D eigenvalue weighted by Gasteiger charge is -2.38. The van der Waals surface area contributed by atoms with E-state index < -0.39 is 0 Å². The Kier molecular flexibility index (Phi) is 5.89. The molecular formula is C22H28N2O3. The maximum atomic E-state index is 13.0. The van der Waals surface area contributed by atoms with Gasteiger partial charge in [-0.1, -0.05) is 39.0 Å². The molecule has 3 rings (SSSR count). The van der Waals surface area contributed by atoms with Gasteiger partial charge in [-0.3, -0.25) is 4.79 Å². The first-order valence-corrected chi connectivity index (χ1v) is 9.52. The van der Waals surface area contributed by atoms with Crippen molar-refractivity contribution in [3.8, 4) is 11.5 Å². The molecule has 2 aromatic carbocycles. The van der Waals surface area contributed by atoms with E-state index in [4.69, 9.17) is 9.47 Å². The number of nitrogens with zero attached hydrogens (tertiary/aromatic N) is 1. The third-order valence-electron chi connectivity index (χ3n) is 4.56. The van der Waals surface area contributed by atoms with Crippen LogP contribution in [0.4, 0.5) is 5.69 Å². The lowest BCUT2D eigenvalue weighted by molar-refractivity contribution is 0.0683. The molecule has 144 valence electrons. The SMILES string of the molecule is CCCN1C(=O)c2ccccc2NC1c1ccc(OCC(C)C)c(OC)c1. The number of hydrogen-bond acceptors (Lipinski definition) is 4. The van der Waals surface area contributed by atoms with Crippen molar-refractivity contribution in [3.63, 3.8) is 0 Å². The van der Waals surface area contributed by atoms with Crippen molar-refractivity contribution < 1.29 is 14.3 Å². The molecule has 5 nitrogen and oxygen atoms in total. The summed E-state index contributed by atoms with van der Waals surface area (Å²) >= 11 is 0. The Morgan fingerprint density at radius 2 is 1.93 bits per heavy atom. The van der Waals surface area contributed by atoms with Crippen LogP contribution in [0.1, 0.15) is 49.3 Å². The summed E-state index contributed by atoms with van der Waals surface area (Å²) in [5, 5.41) is 3.51. The van der Waals surface area contributed by atoms with Crippen LogP contribution in [0.25, 0.3) is 0 Å². The molecule has 0 aromatic heterocycles. The van der Waals surface area contributed by atoms with E-state index in [2.05, 4.69) is 26.1 Å². The molecule has 0 saturated carbocycles. The fraction of sp³-hybridized carbons (Fsp3) is 0.409. The lowest BCUT2D eigenvalue weighted by Crippen LogP contribution is -2.43. The van der Waals surface area contributed by atoms with E-state index in [1.807, 2.05) is 47.4 Å². The van der Waals surface area contributed by atoms with Crippen molar-refractivity contribution in [2.24, 2.45) is 5.92 Å². The van der Waals surface area contributed by atoms with Crippen LogP contribution in [-0.2, 0) is 0 Å². The number of para-hydroxylation sites is 1. The summed E-state index contributed by atoms with van der Waals surface area (Å²) < 4.78 is 11.4. The van der Waals surface area contributed by atoms with Gasteiger partial charge in [0.25, 0.3) is 5.91 Å². The van der Waals surface area contributed by atoms with Crippen LogP contribution >= 0.6 is 0 Å². The molecule has 1 heterocycles. The minimum Gasteiger partial charge on any atom is -0.493 e. The normalized spacial score (nSPS) is 16.1. The van der Waals surface area contributed by atoms with Gasteiger partial charge in [0.2, 0.25) is 0 Å². The lowest BCUT2D eigenvalue weighted by atomic mass is 10.0. The monoisotopic (exact) mass is 368 g/mol. The van der Waals surface area contributed by atoms with Crippen molar-refractivity contribution in [1.82, 2.24) is 4.90 Å². The highest BCUT2D eigenvalue weighted by molar-refractivity contribution is 6.01. The summed E-state index contributed by atoms with van der Waals surface area (Å²) in [6.07, 6.45) is 0.652. The zero-order valence-electron chi connectivity index (χ0n) is 16.5. The molecule has 0 fully saturated rings. The molecule has 1 N–H and O–H groups in total. The molecule has 0 bridgehead atoms. The van der Waals surface area contributed by atoms with E-state index in [0.717, 1.165) is 23.4 Å². The molecular weight excluding hydrogens is 340 g/mol. The first-order chi connectivity index (χ1) is 13.0. The quantitative estimate of drug-likeness (QED) is 0.769. The Morgan fingerprint density at radius 1 is 1.15 bits per heavy atom. The number of amides is 1. The van der Waals surface area contributed by atoms with Crippen LogP contribution in [0.5, 0.6) is 11.5 Å². The molecule has 1 atom stereocenters. The van der Waals surface area contributed by atoms with E-state index in [1.165, 1.54) is 0 Å². The summed E-state index contributed by atoms with van der Waals surface area (Å²) in [5.74, 6) is 1.89. The molecule has 0 radical (unpaired) electrons. The molecule has 1 unspecified atom stereocenters. The van der Waals surface area contributed by atoms with Crippen molar-refractivity contribution >= 4 is 11.6 Å². The number of ether oxygens (including phenoxy) is 2. The maximum Gasteiger partial charge on any atom is 0.257 e. The molecule has 0 saturated heterocycles. The highest BCUT2D eigenvalue weighted by atomic mass is 16.5. The Labute approximate surface area is 161 Å². The molecule has 1 amide bonds. The summed E-state index contributed by atoms with van der Waals surface area (Å²) in [6, 6.07) is 13.5. The zero-order chi connectivity index (χ0) is 19.4. The maximum absolute atomic E-state index is 13.0. The number of hydrogen-bond donors (Lipinski definition) is 1. The van der Waals surface area contributed by atoms with Gasteiger partial charge in [0.15, 0.2) is 11.5 Å². The van der Waals surface area contributed by atoms with Crippen molar-refractivity contribution in [3.05, 3.63) is 53.6 Å². The van der Waals surface area contributed by atoms with E-state index in [-0.39, 0.29) is 12.1 Å². The fourth-order valence-corrected chi connectivity index (χ4v) is 3.26. The first kappa shape index (κ1) is 19.1. The Balaban J connectivity index is 1.94. The van der Waals surface area contributed by atoms with Crippen LogP contribution < -0.4 is 14.8 Å². The van der Waals surface area contributed by atoms with Gasteiger partial charge in [-0.05, 0) is 42.2 Å². The molecule has 0 aliphatic carbocycles. The number of fused-ring (bicyclic) bond motifs is 1. The van der Waals surface area contributed by atoms with Gasteiger partial charge >= 0.3 is 0 Å². The van der Waals surface area contributed by atoms with E-state index in [0.29, 0.717) is 30.4 Å². The van der Waals surface area contributed by atoms with Crippen LogP contribution in [0.2, 0.25) is 0 Å². The second-order valence-electron chi connectivity index (χ2n) is 7.21. The fourth-order valence-electron chi connectivity index (χ4n) is 3.26. The molecule has 5 heteroatoms. The predicted octanol–water partition coefficient (Wildman–Crippen LogP) is 4.71. The van der Waals surface area contributed by atoms with E-state index >= 15 is 0 Å². The molecule has 27 heavy (non-hydrogen) atoms. The summed E-state index contributed by atoms with van der Waals surface area (Å²) in [6.45, 7) is 7.61. The van der Waals surface area contributed by atoms with Crippen LogP contribution in [0.15, 0.2) is 42.5 Å². The van der Waals surface area contributed by atoms with Gasteiger partial charge in [-0.15, -0.1) is 0 Å². The molecule has 2 aromatic rings. The number of nitrogens with one attached hydrogen (secondary N) is 1. The zero-order valence-corrected chi connectivity index (χ0v) is 16.5. The van der Waals surface area contributed by atoms with Crippen LogP contribution in [0, 0.1) is 5.92 Å². The second-order valence-corrected chi connectivity index (χ2v) is 7.21. The first-order valence-electron chi connectivity index (χ1n) is 9.52. The number of methoxy groups -OCH3 is 1. The topological polar surface area (TPSA) is 50.8 Å². The largest absolute Gasteiger partial charge is 0.493 e. The minimum absolute atomic E-state index is 0.0512. The van der Waals surface area contributed by atoms with Gasteiger partial charge in [0, 0.05) is 12.2 Å². The number of carbonyl (C=O) groups excluding carboxylic acids is 1. The van der Waals surface area contributed by atoms with E-state index in [9.17, 15) is 4.79 Å². The molecule has 1 aliphatic heterocycles. The Morgan fingerprint density at radius 3 is 2.63 bits per heavy atom. The average Bonchev–Trinajstić information content (AvgIpc) is 2.68. The van der Waals surface area contributed by atoms with Gasteiger partial charge in [-0.25, -0.2) is 0 Å². The van der Waals surface area contributed by atoms with E-state index in [1.54, 1.807) is 7.11 Å². The number of anilines is 1. The van der Waals surface area contributed by atoms with Crippen molar-refractivity contribution in [2.75, 3.05) is 25.6 Å². The summed E-state index contributed by atoms with van der Waals surface area (Å²) in [5.41, 5.74) is 2.55. The van der Waals surface area contributed by atoms with Crippen LogP contribution in [-0.4, -0.2) is 31.1 Å². The van der Waals surface area contributed by atoms with Crippen molar-refractivity contribution in [2.45, 2.75) is 33.4 Å². The van der Waals surface area contributed by atoms with Crippen LogP contribution in [0.3, 0.4) is 0 Å². The second kappa shape index (κ2) is 8.33. The third-order valence-corrected chi connectivity index (χ3v) is 4.56. The number of carbonyl (C=O) groups is 1. The Bertz CT molecular complexity index is 804. The average molecular weight is 368 g/mol. The van der Waals surface area contributed by atoms with Gasteiger partial charge in [0.05, 0.1) is 19.3 Å². The summed E-state index contributed by atoms with van der Waals surface area (Å²) in [7, 11) is 1.64. The third kappa shape index (κ3) is 4.02. The smallest absolute Gasteiger partial charge is 0.257 e. The van der Waals surface area contributed by atoms with Gasteiger partial charge < -0.3 is 19.7 Å². The van der Waals surface area contributed by atoms with Crippen molar-refractivity contribution in [1.29, 1.82) is 0 Å². The number of rotatable bonds is 7. The highest BCUT2D eigenvalue weighted by Crippen LogP contribution is 2.37. The molecule has 0 spiro atoms. The van der Waals surface area contributed by atoms with Gasteiger partial charge in [-0.2, -0.15) is 0 Å². The Hall–Kier alpha value is -2.69. The number of benzene rings is 2. The molecule has 1 aliphatic rings.